The first kappa shape index (κ1) is 25.8. The van der Waals surface area contributed by atoms with Crippen molar-refractivity contribution in [2.75, 3.05) is 13.7 Å². The third kappa shape index (κ3) is 5.73. The monoisotopic (exact) mass is 498 g/mol. The van der Waals surface area contributed by atoms with Crippen molar-refractivity contribution in [1.29, 1.82) is 0 Å². The van der Waals surface area contributed by atoms with Crippen LogP contribution < -0.4 is 4.74 Å². The average molecular weight is 499 g/mol. The van der Waals surface area contributed by atoms with Gasteiger partial charge in [-0.2, -0.15) is 0 Å². The van der Waals surface area contributed by atoms with E-state index in [1.165, 1.54) is 12.1 Å². The predicted molar refractivity (Wildman–Crippen MR) is 130 cm³/mol. The first-order valence-corrected chi connectivity index (χ1v) is 12.1. The molecule has 1 fully saturated rings. The Morgan fingerprint density at radius 2 is 1.64 bits per heavy atom. The molecule has 190 valence electrons. The highest BCUT2D eigenvalue weighted by Crippen LogP contribution is 2.38. The van der Waals surface area contributed by atoms with Crippen LogP contribution in [0.25, 0.3) is 11.1 Å². The molecule has 0 atom stereocenters. The van der Waals surface area contributed by atoms with E-state index in [0.717, 1.165) is 6.07 Å². The molecule has 1 aliphatic carbocycles. The van der Waals surface area contributed by atoms with Gasteiger partial charge in [-0.3, -0.25) is 0 Å². The van der Waals surface area contributed by atoms with E-state index in [-0.39, 0.29) is 29.8 Å². The van der Waals surface area contributed by atoms with Crippen LogP contribution in [0.4, 0.5) is 13.2 Å². The van der Waals surface area contributed by atoms with Crippen LogP contribution in [0.2, 0.25) is 0 Å². The van der Waals surface area contributed by atoms with E-state index in [1.54, 1.807) is 43.5 Å². The second kappa shape index (κ2) is 11.6. The summed E-state index contributed by atoms with van der Waals surface area (Å²) in [7, 11) is 1.54. The highest BCUT2D eigenvalue weighted by molar-refractivity contribution is 5.89. The van der Waals surface area contributed by atoms with Crippen LogP contribution in [0.1, 0.15) is 60.0 Å². The maximum atomic E-state index is 15.0. The Bertz CT molecular complexity index is 1200. The molecular weight excluding hydrogens is 469 g/mol. The topological polar surface area (TPSA) is 44.8 Å². The number of methoxy groups -OCH3 is 1. The lowest BCUT2D eigenvalue weighted by Gasteiger charge is -2.29. The zero-order valence-corrected chi connectivity index (χ0v) is 20.4. The summed E-state index contributed by atoms with van der Waals surface area (Å²) in [6.07, 6.45) is 1.78. The number of hydrogen-bond donors (Lipinski definition) is 0. The van der Waals surface area contributed by atoms with Crippen LogP contribution in [0.5, 0.6) is 5.75 Å². The third-order valence-corrected chi connectivity index (χ3v) is 6.65. The van der Waals surface area contributed by atoms with Gasteiger partial charge in [-0.1, -0.05) is 30.3 Å². The normalized spacial score (nSPS) is 17.6. The summed E-state index contributed by atoms with van der Waals surface area (Å²) in [6.45, 7) is 2.43. The largest absolute Gasteiger partial charge is 0.497 e. The van der Waals surface area contributed by atoms with Crippen LogP contribution >= 0.6 is 0 Å². The molecule has 0 unspecified atom stereocenters. The molecule has 0 N–H and O–H groups in total. The lowest BCUT2D eigenvalue weighted by atomic mass is 9.82. The van der Waals surface area contributed by atoms with Crippen molar-refractivity contribution in [3.8, 4) is 16.9 Å². The summed E-state index contributed by atoms with van der Waals surface area (Å²) >= 11 is 0. The molecule has 0 spiro atoms. The van der Waals surface area contributed by atoms with Crippen molar-refractivity contribution in [2.24, 2.45) is 0 Å². The summed E-state index contributed by atoms with van der Waals surface area (Å²) in [5.41, 5.74) is 1.61. The van der Waals surface area contributed by atoms with Gasteiger partial charge in [-0.15, -0.1) is 0 Å². The van der Waals surface area contributed by atoms with Gasteiger partial charge >= 0.3 is 5.97 Å². The molecule has 0 amide bonds. The van der Waals surface area contributed by atoms with Crippen molar-refractivity contribution in [2.45, 2.75) is 51.2 Å². The summed E-state index contributed by atoms with van der Waals surface area (Å²) < 4.78 is 60.1. The molecule has 4 nitrogen and oxygen atoms in total. The van der Waals surface area contributed by atoms with Gasteiger partial charge in [0.25, 0.3) is 0 Å². The predicted octanol–water partition coefficient (Wildman–Crippen LogP) is 7.20. The fourth-order valence-corrected chi connectivity index (χ4v) is 4.59. The number of carbonyl (C=O) groups excluding carboxylic acids is 1. The summed E-state index contributed by atoms with van der Waals surface area (Å²) in [6, 6.07) is 14.2. The maximum absolute atomic E-state index is 15.0. The van der Waals surface area contributed by atoms with Crippen LogP contribution in [-0.4, -0.2) is 25.8 Å². The van der Waals surface area contributed by atoms with Gasteiger partial charge in [0.2, 0.25) is 0 Å². The lowest BCUT2D eigenvalue weighted by Crippen LogP contribution is -2.24. The molecule has 0 heterocycles. The fraction of sp³-hybridized carbons (Fsp3) is 0.345. The highest BCUT2D eigenvalue weighted by atomic mass is 19.2. The van der Waals surface area contributed by atoms with Gasteiger partial charge in [0.1, 0.15) is 17.7 Å². The number of benzene rings is 3. The number of rotatable bonds is 8. The van der Waals surface area contributed by atoms with Gasteiger partial charge in [0.05, 0.1) is 19.3 Å². The van der Waals surface area contributed by atoms with Crippen molar-refractivity contribution in [3.05, 3.63) is 88.7 Å². The molecule has 0 aromatic heterocycles. The maximum Gasteiger partial charge on any atom is 0.338 e. The van der Waals surface area contributed by atoms with Crippen LogP contribution in [0.3, 0.4) is 0 Å². The minimum Gasteiger partial charge on any atom is -0.497 e. The molecular formula is C29H29F3O4. The molecule has 7 heteroatoms. The van der Waals surface area contributed by atoms with E-state index < -0.39 is 23.4 Å². The molecule has 3 aromatic rings. The smallest absolute Gasteiger partial charge is 0.338 e. The van der Waals surface area contributed by atoms with E-state index in [2.05, 4.69) is 0 Å². The Morgan fingerprint density at radius 1 is 0.917 bits per heavy atom. The highest BCUT2D eigenvalue weighted by Gasteiger charge is 2.28. The van der Waals surface area contributed by atoms with Crippen molar-refractivity contribution in [3.63, 3.8) is 0 Å². The second-order valence-electron chi connectivity index (χ2n) is 8.88. The van der Waals surface area contributed by atoms with E-state index in [9.17, 15) is 13.6 Å². The first-order valence-electron chi connectivity index (χ1n) is 12.1. The number of carbonyl (C=O) groups is 1. The zero-order valence-electron chi connectivity index (χ0n) is 20.4. The molecule has 0 saturated heterocycles. The fourth-order valence-electron chi connectivity index (χ4n) is 4.59. The number of ether oxygens (including phenoxy) is 3. The SMILES string of the molecule is CCOCc1ccc(C(=O)OC2CCC(c3ccc(-c4ccc(OC)cc4)c(F)c3F)CC2)cc1F. The number of hydrogen-bond acceptors (Lipinski definition) is 4. The van der Waals surface area contributed by atoms with Crippen LogP contribution in [0, 0.1) is 17.5 Å². The molecule has 1 aliphatic rings. The zero-order chi connectivity index (χ0) is 25.7. The Labute approximate surface area is 209 Å². The summed E-state index contributed by atoms with van der Waals surface area (Å²) in [5.74, 6) is -2.36. The first-order chi connectivity index (χ1) is 17.4. The molecule has 0 bridgehead atoms. The lowest BCUT2D eigenvalue weighted by molar-refractivity contribution is 0.0193. The molecule has 0 radical (unpaired) electrons. The molecule has 3 aromatic carbocycles. The van der Waals surface area contributed by atoms with E-state index in [4.69, 9.17) is 14.2 Å². The van der Waals surface area contributed by atoms with Gasteiger partial charge in [-0.05, 0) is 73.9 Å². The van der Waals surface area contributed by atoms with E-state index >= 15 is 4.39 Å². The average Bonchev–Trinajstić information content (AvgIpc) is 2.90. The molecule has 1 saturated carbocycles. The Balaban J connectivity index is 1.37. The van der Waals surface area contributed by atoms with Gasteiger partial charge in [-0.25, -0.2) is 18.0 Å². The summed E-state index contributed by atoms with van der Waals surface area (Å²) in [5, 5.41) is 0. The third-order valence-electron chi connectivity index (χ3n) is 6.65. The van der Waals surface area contributed by atoms with E-state index in [0.29, 0.717) is 54.7 Å². The minimum absolute atomic E-state index is 0.136. The van der Waals surface area contributed by atoms with Crippen LogP contribution in [-0.2, 0) is 16.1 Å². The second-order valence-corrected chi connectivity index (χ2v) is 8.88. The Hall–Kier alpha value is -3.32. The van der Waals surface area contributed by atoms with Crippen molar-refractivity contribution >= 4 is 5.97 Å². The Morgan fingerprint density at radius 3 is 2.28 bits per heavy atom. The molecule has 36 heavy (non-hydrogen) atoms. The number of esters is 1. The number of halogens is 3. The Kier molecular flexibility index (Phi) is 8.31. The molecule has 4 rings (SSSR count). The molecule has 0 aliphatic heterocycles. The van der Waals surface area contributed by atoms with Gasteiger partial charge in [0, 0.05) is 17.7 Å². The van der Waals surface area contributed by atoms with Crippen molar-refractivity contribution in [1.82, 2.24) is 0 Å². The summed E-state index contributed by atoms with van der Waals surface area (Å²) in [4.78, 5) is 12.5. The van der Waals surface area contributed by atoms with Gasteiger partial charge < -0.3 is 14.2 Å². The van der Waals surface area contributed by atoms with Gasteiger partial charge in [0.15, 0.2) is 11.6 Å². The minimum atomic E-state index is -0.874. The van der Waals surface area contributed by atoms with Crippen LogP contribution in [0.15, 0.2) is 54.6 Å². The quantitative estimate of drug-likeness (QED) is 0.308. The standard InChI is InChI=1S/C29H29F3O4/c1-3-35-17-21-5-4-20(16-26(21)30)29(33)36-23-12-8-19(9-13-23)25-15-14-24(27(31)28(25)32)18-6-10-22(34-2)11-7-18/h4-7,10-11,14-16,19,23H,3,8-9,12-13,17H2,1-2H3. The van der Waals surface area contributed by atoms with E-state index in [1.807, 2.05) is 6.92 Å². The van der Waals surface area contributed by atoms with Crippen molar-refractivity contribution < 1.29 is 32.2 Å².